The first-order valence-electron chi connectivity index (χ1n) is 6.67. The molecule has 1 atom stereocenters. The lowest BCUT2D eigenvalue weighted by molar-refractivity contribution is 0.571. The summed E-state index contributed by atoms with van der Waals surface area (Å²) in [6.45, 7) is 0. The van der Waals surface area contributed by atoms with Crippen LogP contribution in [0.1, 0.15) is 17.3 Å². The second-order valence-corrected chi connectivity index (χ2v) is 5.25. The van der Waals surface area contributed by atoms with Crippen molar-refractivity contribution in [3.63, 3.8) is 0 Å². The van der Waals surface area contributed by atoms with Crippen LogP contribution in [0.4, 0.5) is 4.39 Å². The summed E-state index contributed by atoms with van der Waals surface area (Å²) < 4.78 is 14.1. The maximum atomic E-state index is 14.1. The number of rotatable bonds is 3. The third-order valence-corrected chi connectivity index (χ3v) is 3.71. The fourth-order valence-corrected chi connectivity index (χ4v) is 2.60. The lowest BCUT2D eigenvalue weighted by atomic mass is 10.0. The molecule has 0 aliphatic rings. The molecule has 1 heterocycles. The molecule has 0 aliphatic carbocycles. The highest BCUT2D eigenvalue weighted by Crippen LogP contribution is 2.26. The Kier molecular flexibility index (Phi) is 3.86. The van der Waals surface area contributed by atoms with Gasteiger partial charge in [0.1, 0.15) is 5.82 Å². The van der Waals surface area contributed by atoms with Crippen LogP contribution < -0.4 is 5.32 Å². The molecule has 1 unspecified atom stereocenters. The van der Waals surface area contributed by atoms with Crippen molar-refractivity contribution in [1.29, 1.82) is 0 Å². The molecule has 0 saturated carbocycles. The summed E-state index contributed by atoms with van der Waals surface area (Å²) in [6.07, 6.45) is 0. The van der Waals surface area contributed by atoms with Gasteiger partial charge in [-0.2, -0.15) is 0 Å². The number of hydrogen-bond acceptors (Lipinski definition) is 2. The molecule has 106 valence electrons. The zero-order valence-corrected chi connectivity index (χ0v) is 12.2. The van der Waals surface area contributed by atoms with E-state index in [9.17, 15) is 4.39 Å². The SMILES string of the molecule is CNC(c1ccc2ccccc2n1)c1ccc(Cl)cc1F. The highest BCUT2D eigenvalue weighted by atomic mass is 35.5. The molecule has 21 heavy (non-hydrogen) atoms. The number of para-hydroxylation sites is 1. The number of hydrogen-bond donors (Lipinski definition) is 1. The van der Waals surface area contributed by atoms with Crippen molar-refractivity contribution in [1.82, 2.24) is 10.3 Å². The van der Waals surface area contributed by atoms with Gasteiger partial charge in [0.05, 0.1) is 17.3 Å². The monoisotopic (exact) mass is 300 g/mol. The molecule has 2 nitrogen and oxygen atoms in total. The van der Waals surface area contributed by atoms with Crippen molar-refractivity contribution < 1.29 is 4.39 Å². The third kappa shape index (κ3) is 2.75. The predicted octanol–water partition coefficient (Wildman–Crippen LogP) is 4.34. The number of nitrogens with zero attached hydrogens (tertiary/aromatic N) is 1. The van der Waals surface area contributed by atoms with E-state index in [1.807, 2.05) is 36.4 Å². The van der Waals surface area contributed by atoms with Crippen molar-refractivity contribution >= 4 is 22.5 Å². The Hall–Kier alpha value is -1.97. The molecule has 0 saturated heterocycles. The average molecular weight is 301 g/mol. The van der Waals surface area contributed by atoms with Crippen LogP contribution in [0.5, 0.6) is 0 Å². The molecule has 0 radical (unpaired) electrons. The lowest BCUT2D eigenvalue weighted by Crippen LogP contribution is -2.20. The molecule has 1 N–H and O–H groups in total. The number of aromatic nitrogens is 1. The lowest BCUT2D eigenvalue weighted by Gasteiger charge is -2.17. The fourth-order valence-electron chi connectivity index (χ4n) is 2.44. The summed E-state index contributed by atoms with van der Waals surface area (Å²) >= 11 is 5.81. The van der Waals surface area contributed by atoms with Crippen molar-refractivity contribution in [3.8, 4) is 0 Å². The number of benzene rings is 2. The summed E-state index contributed by atoms with van der Waals surface area (Å²) in [5, 5.41) is 4.56. The van der Waals surface area contributed by atoms with Gasteiger partial charge in [0.25, 0.3) is 0 Å². The number of pyridine rings is 1. The Morgan fingerprint density at radius 2 is 1.90 bits per heavy atom. The maximum Gasteiger partial charge on any atom is 0.129 e. The van der Waals surface area contributed by atoms with Crippen molar-refractivity contribution in [2.24, 2.45) is 0 Å². The molecule has 0 bridgehead atoms. The molecular formula is C17H14ClFN2. The zero-order chi connectivity index (χ0) is 14.8. The van der Waals surface area contributed by atoms with E-state index in [0.29, 0.717) is 10.6 Å². The van der Waals surface area contributed by atoms with E-state index >= 15 is 0 Å². The summed E-state index contributed by atoms with van der Waals surface area (Å²) in [7, 11) is 1.79. The first kappa shape index (κ1) is 14.0. The minimum Gasteiger partial charge on any atom is -0.308 e. The maximum absolute atomic E-state index is 14.1. The van der Waals surface area contributed by atoms with Gasteiger partial charge in [0.2, 0.25) is 0 Å². The highest BCUT2D eigenvalue weighted by molar-refractivity contribution is 6.30. The van der Waals surface area contributed by atoms with Crippen LogP contribution in [0, 0.1) is 5.82 Å². The van der Waals surface area contributed by atoms with Gasteiger partial charge in [0, 0.05) is 16.0 Å². The van der Waals surface area contributed by atoms with Gasteiger partial charge >= 0.3 is 0 Å². The van der Waals surface area contributed by atoms with Crippen LogP contribution in [-0.2, 0) is 0 Å². The minimum absolute atomic E-state index is 0.313. The van der Waals surface area contributed by atoms with E-state index in [1.165, 1.54) is 6.07 Å². The summed E-state index contributed by atoms with van der Waals surface area (Å²) in [5.41, 5.74) is 2.20. The average Bonchev–Trinajstić information content (AvgIpc) is 2.50. The quantitative estimate of drug-likeness (QED) is 0.778. The number of nitrogens with one attached hydrogen (secondary N) is 1. The van der Waals surface area contributed by atoms with Gasteiger partial charge in [-0.25, -0.2) is 4.39 Å². The fraction of sp³-hybridized carbons (Fsp3) is 0.118. The van der Waals surface area contributed by atoms with Crippen molar-refractivity contribution in [3.05, 3.63) is 76.7 Å². The largest absolute Gasteiger partial charge is 0.308 e. The van der Waals surface area contributed by atoms with Crippen LogP contribution in [0.25, 0.3) is 10.9 Å². The van der Waals surface area contributed by atoms with Gasteiger partial charge in [-0.05, 0) is 31.3 Å². The molecule has 2 aromatic carbocycles. The molecule has 1 aromatic heterocycles. The summed E-state index contributed by atoms with van der Waals surface area (Å²) in [4.78, 5) is 4.62. The van der Waals surface area contributed by atoms with E-state index in [2.05, 4.69) is 10.3 Å². The third-order valence-electron chi connectivity index (χ3n) is 3.48. The molecular weight excluding hydrogens is 287 g/mol. The van der Waals surface area contributed by atoms with Crippen LogP contribution in [0.15, 0.2) is 54.6 Å². The van der Waals surface area contributed by atoms with Crippen LogP contribution in [-0.4, -0.2) is 12.0 Å². The van der Waals surface area contributed by atoms with E-state index in [1.54, 1.807) is 19.2 Å². The number of fused-ring (bicyclic) bond motifs is 1. The summed E-state index contributed by atoms with van der Waals surface area (Å²) in [5.74, 6) is -0.336. The molecule has 0 spiro atoms. The molecule has 0 amide bonds. The molecule has 0 aliphatic heterocycles. The Morgan fingerprint density at radius 3 is 2.67 bits per heavy atom. The van der Waals surface area contributed by atoms with Crippen LogP contribution >= 0.6 is 11.6 Å². The Morgan fingerprint density at radius 1 is 1.10 bits per heavy atom. The van der Waals surface area contributed by atoms with Crippen molar-refractivity contribution in [2.45, 2.75) is 6.04 Å². The van der Waals surface area contributed by atoms with Gasteiger partial charge in [-0.3, -0.25) is 4.98 Å². The highest BCUT2D eigenvalue weighted by Gasteiger charge is 2.18. The topological polar surface area (TPSA) is 24.9 Å². The normalized spacial score (nSPS) is 12.5. The van der Waals surface area contributed by atoms with Crippen LogP contribution in [0.2, 0.25) is 5.02 Å². The molecule has 3 aromatic rings. The Labute approximate surface area is 127 Å². The Bertz CT molecular complexity index is 789. The van der Waals surface area contributed by atoms with Gasteiger partial charge < -0.3 is 5.32 Å². The Balaban J connectivity index is 2.09. The second-order valence-electron chi connectivity index (χ2n) is 4.82. The van der Waals surface area contributed by atoms with Gasteiger partial charge in [-0.1, -0.05) is 41.9 Å². The number of halogens is 2. The van der Waals surface area contributed by atoms with Gasteiger partial charge in [0.15, 0.2) is 0 Å². The van der Waals surface area contributed by atoms with Gasteiger partial charge in [-0.15, -0.1) is 0 Å². The second kappa shape index (κ2) is 5.80. The predicted molar refractivity (Wildman–Crippen MR) is 84.1 cm³/mol. The minimum atomic E-state index is -0.336. The van der Waals surface area contributed by atoms with E-state index in [4.69, 9.17) is 11.6 Å². The molecule has 0 fully saturated rings. The first-order chi connectivity index (χ1) is 10.2. The first-order valence-corrected chi connectivity index (χ1v) is 7.05. The van der Waals surface area contributed by atoms with E-state index < -0.39 is 0 Å². The smallest absolute Gasteiger partial charge is 0.129 e. The summed E-state index contributed by atoms with van der Waals surface area (Å²) in [6, 6.07) is 16.2. The van der Waals surface area contributed by atoms with E-state index in [-0.39, 0.29) is 11.9 Å². The van der Waals surface area contributed by atoms with Crippen LogP contribution in [0.3, 0.4) is 0 Å². The van der Waals surface area contributed by atoms with E-state index in [0.717, 1.165) is 16.6 Å². The standard InChI is InChI=1S/C17H14ClFN2/c1-20-17(13-8-7-12(18)10-14(13)19)16-9-6-11-4-2-3-5-15(11)21-16/h2-10,17,20H,1H3. The zero-order valence-electron chi connectivity index (χ0n) is 11.5. The molecule has 4 heteroatoms. The van der Waals surface area contributed by atoms with Crippen molar-refractivity contribution in [2.75, 3.05) is 7.05 Å². The molecule has 3 rings (SSSR count).